The maximum absolute atomic E-state index is 12.2. The molecule has 0 bridgehead atoms. The van der Waals surface area contributed by atoms with Crippen molar-refractivity contribution in [3.63, 3.8) is 0 Å². The van der Waals surface area contributed by atoms with Crippen molar-refractivity contribution < 1.29 is 4.79 Å². The highest BCUT2D eigenvalue weighted by atomic mass is 16.1. The van der Waals surface area contributed by atoms with Gasteiger partial charge in [-0.2, -0.15) is 0 Å². The van der Waals surface area contributed by atoms with Crippen LogP contribution in [-0.2, 0) is 4.79 Å². The zero-order chi connectivity index (χ0) is 14.5. The summed E-state index contributed by atoms with van der Waals surface area (Å²) in [7, 11) is 0. The van der Waals surface area contributed by atoms with Gasteiger partial charge in [-0.05, 0) is 29.7 Å². The first-order valence-electron chi connectivity index (χ1n) is 7.92. The first-order chi connectivity index (χ1) is 9.58. The Hall–Kier alpha value is -1.31. The van der Waals surface area contributed by atoms with Crippen molar-refractivity contribution in [2.45, 2.75) is 58.4 Å². The number of rotatable bonds is 4. The highest BCUT2D eigenvalue weighted by molar-refractivity contribution is 5.77. The molecule has 110 valence electrons. The van der Waals surface area contributed by atoms with Crippen LogP contribution in [0.4, 0.5) is 0 Å². The predicted octanol–water partition coefficient (Wildman–Crippen LogP) is 4.12. The number of amides is 1. The third kappa shape index (κ3) is 3.84. The average molecular weight is 273 g/mol. The summed E-state index contributed by atoms with van der Waals surface area (Å²) in [6, 6.07) is 10.7. The third-order valence-electron chi connectivity index (χ3n) is 4.91. The molecule has 20 heavy (non-hydrogen) atoms. The van der Waals surface area contributed by atoms with Crippen LogP contribution < -0.4 is 5.32 Å². The lowest BCUT2D eigenvalue weighted by Gasteiger charge is -2.34. The molecule has 4 unspecified atom stereocenters. The fourth-order valence-corrected chi connectivity index (χ4v) is 3.23. The van der Waals surface area contributed by atoms with Gasteiger partial charge in [-0.25, -0.2) is 0 Å². The normalized spacial score (nSPS) is 27.9. The van der Waals surface area contributed by atoms with Gasteiger partial charge in [-0.15, -0.1) is 0 Å². The van der Waals surface area contributed by atoms with Crippen LogP contribution >= 0.6 is 0 Å². The van der Waals surface area contributed by atoms with Gasteiger partial charge in [0.05, 0.1) is 0 Å². The predicted molar refractivity (Wildman–Crippen MR) is 83.6 cm³/mol. The van der Waals surface area contributed by atoms with Crippen molar-refractivity contribution in [1.82, 2.24) is 5.32 Å². The van der Waals surface area contributed by atoms with E-state index in [1.165, 1.54) is 18.4 Å². The molecule has 1 fully saturated rings. The number of benzene rings is 1. The highest BCUT2D eigenvalue weighted by Crippen LogP contribution is 2.29. The molecule has 2 nitrogen and oxygen atoms in total. The largest absolute Gasteiger partial charge is 0.353 e. The molecule has 2 rings (SSSR count). The van der Waals surface area contributed by atoms with Crippen molar-refractivity contribution in [3.05, 3.63) is 35.9 Å². The molecule has 1 aliphatic carbocycles. The highest BCUT2D eigenvalue weighted by Gasteiger charge is 2.28. The molecule has 2 heteroatoms. The molecule has 0 saturated heterocycles. The molecule has 1 aromatic rings. The van der Waals surface area contributed by atoms with E-state index in [0.29, 0.717) is 18.4 Å². The van der Waals surface area contributed by atoms with Gasteiger partial charge in [0, 0.05) is 12.5 Å². The molecule has 4 atom stereocenters. The fraction of sp³-hybridized carbons (Fsp3) is 0.611. The molecule has 0 heterocycles. The van der Waals surface area contributed by atoms with Gasteiger partial charge in [0.2, 0.25) is 5.91 Å². The molecule has 1 saturated carbocycles. The zero-order valence-electron chi connectivity index (χ0n) is 12.9. The van der Waals surface area contributed by atoms with Crippen LogP contribution in [0.1, 0.15) is 57.9 Å². The Balaban J connectivity index is 1.86. The monoisotopic (exact) mass is 273 g/mol. The van der Waals surface area contributed by atoms with Gasteiger partial charge in [-0.1, -0.05) is 63.9 Å². The van der Waals surface area contributed by atoms with Gasteiger partial charge >= 0.3 is 0 Å². The summed E-state index contributed by atoms with van der Waals surface area (Å²) in [6.07, 6.45) is 4.26. The SMILES string of the molecule is CC(CC(=O)NC1CCCC(C)C1C)c1ccccc1. The van der Waals surface area contributed by atoms with Crippen LogP contribution in [0.15, 0.2) is 30.3 Å². The lowest BCUT2D eigenvalue weighted by molar-refractivity contribution is -0.122. The van der Waals surface area contributed by atoms with E-state index in [1.807, 2.05) is 18.2 Å². The standard InChI is InChI=1S/C18H27NO/c1-13-8-7-11-17(15(13)3)19-18(20)12-14(2)16-9-5-4-6-10-16/h4-6,9-10,13-15,17H,7-8,11-12H2,1-3H3,(H,19,20). The van der Waals surface area contributed by atoms with E-state index in [9.17, 15) is 4.79 Å². The van der Waals surface area contributed by atoms with Gasteiger partial charge in [0.1, 0.15) is 0 Å². The number of hydrogen-bond acceptors (Lipinski definition) is 1. The van der Waals surface area contributed by atoms with Gasteiger partial charge in [0.25, 0.3) is 0 Å². The molecule has 0 radical (unpaired) electrons. The molecule has 1 aromatic carbocycles. The maximum Gasteiger partial charge on any atom is 0.220 e. The minimum Gasteiger partial charge on any atom is -0.353 e. The van der Waals surface area contributed by atoms with E-state index in [0.717, 1.165) is 12.3 Å². The number of carbonyl (C=O) groups is 1. The molecule has 0 aliphatic heterocycles. The molecular weight excluding hydrogens is 246 g/mol. The second-order valence-corrected chi connectivity index (χ2v) is 6.46. The van der Waals surface area contributed by atoms with Gasteiger partial charge < -0.3 is 5.32 Å². The summed E-state index contributed by atoms with van der Waals surface area (Å²) in [5.41, 5.74) is 1.24. The van der Waals surface area contributed by atoms with E-state index >= 15 is 0 Å². The summed E-state index contributed by atoms with van der Waals surface area (Å²) >= 11 is 0. The molecular formula is C18H27NO. The Morgan fingerprint density at radius 1 is 1.25 bits per heavy atom. The smallest absolute Gasteiger partial charge is 0.220 e. The van der Waals surface area contributed by atoms with E-state index in [4.69, 9.17) is 0 Å². The Morgan fingerprint density at radius 2 is 1.95 bits per heavy atom. The van der Waals surface area contributed by atoms with Gasteiger partial charge in [0.15, 0.2) is 0 Å². The van der Waals surface area contributed by atoms with Gasteiger partial charge in [-0.3, -0.25) is 4.79 Å². The van der Waals surface area contributed by atoms with Crippen molar-refractivity contribution >= 4 is 5.91 Å². The minimum absolute atomic E-state index is 0.201. The van der Waals surface area contributed by atoms with Crippen LogP contribution in [-0.4, -0.2) is 11.9 Å². The number of hydrogen-bond donors (Lipinski definition) is 1. The van der Waals surface area contributed by atoms with Crippen LogP contribution in [0.3, 0.4) is 0 Å². The van der Waals surface area contributed by atoms with Crippen LogP contribution in [0, 0.1) is 11.8 Å². The second kappa shape index (κ2) is 6.92. The molecule has 1 amide bonds. The summed E-state index contributed by atoms with van der Waals surface area (Å²) in [6.45, 7) is 6.70. The van der Waals surface area contributed by atoms with Crippen molar-refractivity contribution in [1.29, 1.82) is 0 Å². The Kier molecular flexibility index (Phi) is 5.22. The van der Waals surface area contributed by atoms with E-state index in [1.54, 1.807) is 0 Å². The Bertz CT molecular complexity index is 428. The van der Waals surface area contributed by atoms with Crippen LogP contribution in [0.5, 0.6) is 0 Å². The topological polar surface area (TPSA) is 29.1 Å². The summed E-state index contributed by atoms with van der Waals surface area (Å²) < 4.78 is 0. The maximum atomic E-state index is 12.2. The minimum atomic E-state index is 0.201. The lowest BCUT2D eigenvalue weighted by Crippen LogP contribution is -2.43. The first kappa shape index (κ1) is 15.1. The summed E-state index contributed by atoms with van der Waals surface area (Å²) in [4.78, 5) is 12.2. The number of carbonyl (C=O) groups excluding carboxylic acids is 1. The van der Waals surface area contributed by atoms with E-state index < -0.39 is 0 Å². The molecule has 0 spiro atoms. The average Bonchev–Trinajstić information content (AvgIpc) is 2.45. The first-order valence-corrected chi connectivity index (χ1v) is 7.92. The Labute approximate surface area is 123 Å². The van der Waals surface area contributed by atoms with Crippen molar-refractivity contribution in [3.8, 4) is 0 Å². The zero-order valence-corrected chi connectivity index (χ0v) is 12.9. The van der Waals surface area contributed by atoms with Crippen molar-refractivity contribution in [2.75, 3.05) is 0 Å². The molecule has 0 aromatic heterocycles. The van der Waals surface area contributed by atoms with Crippen LogP contribution in [0.25, 0.3) is 0 Å². The van der Waals surface area contributed by atoms with Crippen molar-refractivity contribution in [2.24, 2.45) is 11.8 Å². The quantitative estimate of drug-likeness (QED) is 0.878. The van der Waals surface area contributed by atoms with E-state index in [-0.39, 0.29) is 11.8 Å². The Morgan fingerprint density at radius 3 is 2.65 bits per heavy atom. The molecule has 1 aliphatic rings. The van der Waals surface area contributed by atoms with E-state index in [2.05, 4.69) is 38.2 Å². The third-order valence-corrected chi connectivity index (χ3v) is 4.91. The summed E-state index contributed by atoms with van der Waals surface area (Å²) in [5, 5.41) is 3.26. The molecule has 1 N–H and O–H groups in total. The summed E-state index contributed by atoms with van der Waals surface area (Å²) in [5.74, 6) is 1.81. The van der Waals surface area contributed by atoms with Crippen LogP contribution in [0.2, 0.25) is 0 Å². The number of nitrogens with one attached hydrogen (secondary N) is 1. The fourth-order valence-electron chi connectivity index (χ4n) is 3.23. The second-order valence-electron chi connectivity index (χ2n) is 6.46. The lowest BCUT2D eigenvalue weighted by atomic mass is 9.78.